The van der Waals surface area contributed by atoms with Crippen LogP contribution in [0.15, 0.2) is 48.5 Å². The van der Waals surface area contributed by atoms with E-state index in [9.17, 15) is 13.6 Å². The molecule has 6 heteroatoms. The van der Waals surface area contributed by atoms with Crippen molar-refractivity contribution in [1.29, 1.82) is 0 Å². The molecule has 0 radical (unpaired) electrons. The van der Waals surface area contributed by atoms with Crippen molar-refractivity contribution in [2.24, 2.45) is 0 Å². The third-order valence-electron chi connectivity index (χ3n) is 3.70. The first-order valence-electron chi connectivity index (χ1n) is 7.64. The minimum absolute atomic E-state index is 0.152. The molecule has 2 aromatic carbocycles. The van der Waals surface area contributed by atoms with Gasteiger partial charge in [0.1, 0.15) is 24.3 Å². The number of carbonyl (C=O) groups excluding carboxylic acids is 1. The molecule has 1 aliphatic heterocycles. The van der Waals surface area contributed by atoms with Crippen molar-refractivity contribution < 1.29 is 23.0 Å². The molecule has 1 heterocycles. The van der Waals surface area contributed by atoms with Crippen LogP contribution in [0.2, 0.25) is 0 Å². The second kappa shape index (κ2) is 7.40. The molecule has 1 amide bonds. The monoisotopic (exact) mass is 333 g/mol. The van der Waals surface area contributed by atoms with Gasteiger partial charge in [0, 0.05) is 6.07 Å². The number of alkyl carbamates (subject to hydrolysis) is 1. The van der Waals surface area contributed by atoms with Crippen LogP contribution in [0.1, 0.15) is 11.1 Å². The number of nitrogens with one attached hydrogen (secondary N) is 1. The van der Waals surface area contributed by atoms with E-state index in [2.05, 4.69) is 5.32 Å². The minimum Gasteiger partial charge on any atom is -0.445 e. The number of epoxide rings is 1. The molecule has 1 N–H and O–H groups in total. The molecule has 2 aromatic rings. The Morgan fingerprint density at radius 1 is 1.17 bits per heavy atom. The SMILES string of the molecule is O=C(N[C@@H](Cc1cc(F)cc(F)c1)C1CO1)OCc1ccccc1. The second-order valence-corrected chi connectivity index (χ2v) is 5.67. The van der Waals surface area contributed by atoms with Crippen LogP contribution in [0.3, 0.4) is 0 Å². The van der Waals surface area contributed by atoms with Gasteiger partial charge in [0.15, 0.2) is 0 Å². The molecule has 4 nitrogen and oxygen atoms in total. The number of benzene rings is 2. The summed E-state index contributed by atoms with van der Waals surface area (Å²) in [7, 11) is 0. The first kappa shape index (κ1) is 16.4. The summed E-state index contributed by atoms with van der Waals surface area (Å²) in [6.45, 7) is 0.654. The molecule has 1 saturated heterocycles. The maximum absolute atomic E-state index is 13.3. The predicted molar refractivity (Wildman–Crippen MR) is 83.4 cm³/mol. The molecule has 126 valence electrons. The van der Waals surface area contributed by atoms with Gasteiger partial charge in [-0.25, -0.2) is 13.6 Å². The molecule has 1 unspecified atom stereocenters. The standard InChI is InChI=1S/C18H17F2NO3/c19-14-6-13(7-15(20)9-14)8-16(17-11-23-17)21-18(22)24-10-12-4-2-1-3-5-12/h1-7,9,16-17H,8,10-11H2,(H,21,22)/t16-,17?/m0/s1. The third-order valence-corrected chi connectivity index (χ3v) is 3.70. The fourth-order valence-corrected chi connectivity index (χ4v) is 2.46. The van der Waals surface area contributed by atoms with Crippen molar-refractivity contribution in [3.63, 3.8) is 0 Å². The van der Waals surface area contributed by atoms with Crippen molar-refractivity contribution in [3.05, 3.63) is 71.3 Å². The lowest BCUT2D eigenvalue weighted by molar-refractivity contribution is 0.133. The molecular formula is C18H17F2NO3. The number of hydrogen-bond donors (Lipinski definition) is 1. The molecule has 3 rings (SSSR count). The van der Waals surface area contributed by atoms with Gasteiger partial charge < -0.3 is 14.8 Å². The van der Waals surface area contributed by atoms with E-state index >= 15 is 0 Å². The largest absolute Gasteiger partial charge is 0.445 e. The molecule has 1 aliphatic rings. The van der Waals surface area contributed by atoms with Gasteiger partial charge in [-0.15, -0.1) is 0 Å². The Balaban J connectivity index is 1.56. The van der Waals surface area contributed by atoms with Crippen molar-refractivity contribution in [1.82, 2.24) is 5.32 Å². The van der Waals surface area contributed by atoms with Gasteiger partial charge in [-0.3, -0.25) is 0 Å². The summed E-state index contributed by atoms with van der Waals surface area (Å²) >= 11 is 0. The molecule has 0 bridgehead atoms. The zero-order valence-electron chi connectivity index (χ0n) is 12.9. The normalized spacial score (nSPS) is 17.2. The van der Waals surface area contributed by atoms with Gasteiger partial charge in [-0.1, -0.05) is 30.3 Å². The maximum atomic E-state index is 13.3. The Hall–Kier alpha value is -2.47. The summed E-state index contributed by atoms with van der Waals surface area (Å²) in [5.74, 6) is -1.29. The number of carbonyl (C=O) groups is 1. The molecule has 2 atom stereocenters. The Kier molecular flexibility index (Phi) is 5.05. The zero-order valence-corrected chi connectivity index (χ0v) is 12.9. The summed E-state index contributed by atoms with van der Waals surface area (Å²) in [6.07, 6.45) is -0.489. The Bertz CT molecular complexity index is 684. The average Bonchev–Trinajstić information content (AvgIpc) is 3.37. The van der Waals surface area contributed by atoms with Gasteiger partial charge in [0.2, 0.25) is 0 Å². The Morgan fingerprint density at radius 2 is 1.83 bits per heavy atom. The summed E-state index contributed by atoms with van der Waals surface area (Å²) in [6, 6.07) is 12.2. The van der Waals surface area contributed by atoms with Crippen LogP contribution in [-0.4, -0.2) is 24.8 Å². The average molecular weight is 333 g/mol. The lowest BCUT2D eigenvalue weighted by Crippen LogP contribution is -2.40. The fraction of sp³-hybridized carbons (Fsp3) is 0.278. The lowest BCUT2D eigenvalue weighted by Gasteiger charge is -2.17. The third kappa shape index (κ3) is 4.76. The van der Waals surface area contributed by atoms with E-state index in [1.807, 2.05) is 30.3 Å². The van der Waals surface area contributed by atoms with Crippen LogP contribution in [-0.2, 0) is 22.5 Å². The topological polar surface area (TPSA) is 50.9 Å². The first-order chi connectivity index (χ1) is 11.6. The number of hydrogen-bond acceptors (Lipinski definition) is 3. The molecule has 24 heavy (non-hydrogen) atoms. The van der Waals surface area contributed by atoms with Crippen LogP contribution >= 0.6 is 0 Å². The van der Waals surface area contributed by atoms with Gasteiger partial charge in [0.05, 0.1) is 12.6 Å². The van der Waals surface area contributed by atoms with E-state index in [1.165, 1.54) is 12.1 Å². The minimum atomic E-state index is -0.646. The van der Waals surface area contributed by atoms with E-state index in [1.54, 1.807) is 0 Å². The quantitative estimate of drug-likeness (QED) is 0.826. The highest BCUT2D eigenvalue weighted by molar-refractivity contribution is 5.67. The van der Waals surface area contributed by atoms with Crippen molar-refractivity contribution in [3.8, 4) is 0 Å². The maximum Gasteiger partial charge on any atom is 0.407 e. The highest BCUT2D eigenvalue weighted by atomic mass is 19.1. The summed E-state index contributed by atoms with van der Waals surface area (Å²) in [5, 5.41) is 2.71. The predicted octanol–water partition coefficient (Wildman–Crippen LogP) is 3.20. The van der Waals surface area contributed by atoms with Crippen LogP contribution in [0, 0.1) is 11.6 Å². The number of ether oxygens (including phenoxy) is 2. The Labute approximate surface area is 138 Å². The summed E-state index contributed by atoms with van der Waals surface area (Å²) in [4.78, 5) is 11.9. The van der Waals surface area contributed by atoms with Crippen molar-refractivity contribution in [2.75, 3.05) is 6.61 Å². The molecule has 0 saturated carbocycles. The fourth-order valence-electron chi connectivity index (χ4n) is 2.46. The molecule has 0 aliphatic carbocycles. The second-order valence-electron chi connectivity index (χ2n) is 5.67. The molecule has 1 fully saturated rings. The molecule has 0 spiro atoms. The van der Waals surface area contributed by atoms with Gasteiger partial charge >= 0.3 is 6.09 Å². The molecular weight excluding hydrogens is 316 g/mol. The highest BCUT2D eigenvalue weighted by Gasteiger charge is 2.34. The number of rotatable bonds is 6. The molecule has 0 aromatic heterocycles. The van der Waals surface area contributed by atoms with E-state index < -0.39 is 23.8 Å². The van der Waals surface area contributed by atoms with E-state index in [0.29, 0.717) is 12.2 Å². The van der Waals surface area contributed by atoms with Crippen LogP contribution < -0.4 is 5.32 Å². The van der Waals surface area contributed by atoms with Crippen molar-refractivity contribution >= 4 is 6.09 Å². The highest BCUT2D eigenvalue weighted by Crippen LogP contribution is 2.19. The van der Waals surface area contributed by atoms with E-state index in [0.717, 1.165) is 11.6 Å². The summed E-state index contributed by atoms with van der Waals surface area (Å²) < 4.78 is 36.9. The van der Waals surface area contributed by atoms with E-state index in [4.69, 9.17) is 9.47 Å². The zero-order chi connectivity index (χ0) is 16.9. The lowest BCUT2D eigenvalue weighted by atomic mass is 10.0. The van der Waals surface area contributed by atoms with Crippen LogP contribution in [0.5, 0.6) is 0 Å². The van der Waals surface area contributed by atoms with Gasteiger partial charge in [-0.2, -0.15) is 0 Å². The summed E-state index contributed by atoms with van der Waals surface area (Å²) in [5.41, 5.74) is 1.33. The smallest absolute Gasteiger partial charge is 0.407 e. The number of halogens is 2. The van der Waals surface area contributed by atoms with Crippen LogP contribution in [0.25, 0.3) is 0 Å². The van der Waals surface area contributed by atoms with Crippen molar-refractivity contribution in [2.45, 2.75) is 25.2 Å². The van der Waals surface area contributed by atoms with Gasteiger partial charge in [0.25, 0.3) is 0 Å². The first-order valence-corrected chi connectivity index (χ1v) is 7.64. The van der Waals surface area contributed by atoms with Gasteiger partial charge in [-0.05, 0) is 29.7 Å². The number of amides is 1. The van der Waals surface area contributed by atoms with Crippen LogP contribution in [0.4, 0.5) is 13.6 Å². The Morgan fingerprint density at radius 3 is 2.46 bits per heavy atom. The van der Waals surface area contributed by atoms with E-state index in [-0.39, 0.29) is 19.1 Å².